The lowest BCUT2D eigenvalue weighted by Crippen LogP contribution is -2.47. The Labute approximate surface area is 193 Å². The molecular weight excluding hydrogens is 421 g/mol. The quantitative estimate of drug-likeness (QED) is 0.509. The number of urea groups is 1. The number of nitrogens with one attached hydrogen (secondary N) is 3. The minimum absolute atomic E-state index is 0.0244. The second kappa shape index (κ2) is 8.94. The van der Waals surface area contributed by atoms with Crippen LogP contribution in [0.3, 0.4) is 0 Å². The number of ether oxygens (including phenoxy) is 1. The van der Waals surface area contributed by atoms with Crippen LogP contribution in [0.5, 0.6) is 0 Å². The van der Waals surface area contributed by atoms with E-state index in [-0.39, 0.29) is 17.3 Å². The van der Waals surface area contributed by atoms with Crippen molar-refractivity contribution < 1.29 is 13.9 Å². The topological polar surface area (TPSA) is 88.2 Å². The Kier molecular flexibility index (Phi) is 6.21. The molecule has 0 aliphatic carbocycles. The lowest BCUT2D eigenvalue weighted by molar-refractivity contribution is -0.0609. The molecule has 0 saturated carbocycles. The number of aryl methyl sites for hydroxylation is 2. The molecule has 3 N–H and O–H groups in total. The van der Waals surface area contributed by atoms with E-state index in [1.165, 1.54) is 6.07 Å². The fraction of sp³-hybridized carbons (Fsp3) is 0.400. The number of carbonyl (C=O) groups is 1. The molecule has 1 aromatic carbocycles. The lowest BCUT2D eigenvalue weighted by atomic mass is 9.94. The number of pyridine rings is 2. The van der Waals surface area contributed by atoms with Gasteiger partial charge >= 0.3 is 6.03 Å². The van der Waals surface area contributed by atoms with E-state index in [0.29, 0.717) is 13.0 Å². The van der Waals surface area contributed by atoms with Crippen molar-refractivity contribution in [1.82, 2.24) is 15.3 Å². The van der Waals surface area contributed by atoms with Crippen LogP contribution in [0.25, 0.3) is 22.0 Å². The minimum Gasteiger partial charge on any atom is -0.375 e. The van der Waals surface area contributed by atoms with E-state index in [0.717, 1.165) is 45.5 Å². The van der Waals surface area contributed by atoms with Crippen molar-refractivity contribution in [1.29, 1.82) is 0 Å². The van der Waals surface area contributed by atoms with Crippen molar-refractivity contribution in [2.75, 3.05) is 24.3 Å². The zero-order valence-electron chi connectivity index (χ0n) is 19.7. The predicted molar refractivity (Wildman–Crippen MR) is 129 cm³/mol. The van der Waals surface area contributed by atoms with Gasteiger partial charge in [0, 0.05) is 48.6 Å². The van der Waals surface area contributed by atoms with Gasteiger partial charge in [-0.3, -0.25) is 4.98 Å². The van der Waals surface area contributed by atoms with Crippen LogP contribution in [0.2, 0.25) is 0 Å². The second-order valence-electron chi connectivity index (χ2n) is 9.18. The highest BCUT2D eigenvalue weighted by Gasteiger charge is 2.29. The molecule has 174 valence electrons. The molecule has 0 radical (unpaired) electrons. The third-order valence-corrected chi connectivity index (χ3v) is 6.03. The monoisotopic (exact) mass is 451 g/mol. The number of hydrogen-bond donors (Lipinski definition) is 3. The average Bonchev–Trinajstić information content (AvgIpc) is 2.74. The van der Waals surface area contributed by atoms with E-state index in [1.54, 1.807) is 12.3 Å². The van der Waals surface area contributed by atoms with Crippen molar-refractivity contribution in [2.24, 2.45) is 0 Å². The maximum absolute atomic E-state index is 14.8. The van der Waals surface area contributed by atoms with Crippen molar-refractivity contribution in [3.05, 3.63) is 47.5 Å². The summed E-state index contributed by atoms with van der Waals surface area (Å²) in [5.41, 5.74) is 3.91. The van der Waals surface area contributed by atoms with Crippen LogP contribution in [-0.2, 0) is 4.74 Å². The van der Waals surface area contributed by atoms with Crippen LogP contribution in [0.1, 0.15) is 37.9 Å². The molecule has 1 fully saturated rings. The molecule has 0 spiro atoms. The van der Waals surface area contributed by atoms with Crippen molar-refractivity contribution in [2.45, 2.75) is 52.2 Å². The van der Waals surface area contributed by atoms with Gasteiger partial charge in [0.25, 0.3) is 0 Å². The molecule has 7 nitrogen and oxygen atoms in total. The van der Waals surface area contributed by atoms with Crippen LogP contribution in [0, 0.1) is 19.7 Å². The summed E-state index contributed by atoms with van der Waals surface area (Å²) in [4.78, 5) is 21.7. The first-order valence-electron chi connectivity index (χ1n) is 11.1. The first-order chi connectivity index (χ1) is 15.6. The van der Waals surface area contributed by atoms with Gasteiger partial charge < -0.3 is 20.7 Å². The number of hydrogen-bond acceptors (Lipinski definition) is 5. The van der Waals surface area contributed by atoms with Gasteiger partial charge in [-0.25, -0.2) is 14.2 Å². The molecule has 1 aliphatic heterocycles. The van der Waals surface area contributed by atoms with Crippen molar-refractivity contribution >= 4 is 28.4 Å². The highest BCUT2D eigenvalue weighted by Crippen LogP contribution is 2.33. The molecule has 1 atom stereocenters. The zero-order valence-corrected chi connectivity index (χ0v) is 19.7. The fourth-order valence-corrected chi connectivity index (χ4v) is 4.33. The molecule has 1 aliphatic rings. The summed E-state index contributed by atoms with van der Waals surface area (Å²) in [7, 11) is 1.81. The molecule has 2 amide bonds. The smallest absolute Gasteiger partial charge is 0.319 e. The number of fused-ring (bicyclic) bond motifs is 1. The number of halogens is 1. The maximum Gasteiger partial charge on any atom is 0.319 e. The SMILES string of the molecule is CNc1cc2nc(C)c(-c3cc(NC(=O)NC4CCOC(C)(C)C4)c(F)cc3C)cc2cn1. The van der Waals surface area contributed by atoms with Crippen LogP contribution in [-0.4, -0.2) is 41.3 Å². The Morgan fingerprint density at radius 3 is 2.70 bits per heavy atom. The Morgan fingerprint density at radius 2 is 1.97 bits per heavy atom. The summed E-state index contributed by atoms with van der Waals surface area (Å²) in [6.07, 6.45) is 3.19. The Morgan fingerprint density at radius 1 is 1.18 bits per heavy atom. The number of aromatic nitrogens is 2. The molecule has 4 rings (SSSR count). The third-order valence-electron chi connectivity index (χ3n) is 6.03. The number of benzene rings is 1. The second-order valence-corrected chi connectivity index (χ2v) is 9.18. The van der Waals surface area contributed by atoms with Crippen LogP contribution < -0.4 is 16.0 Å². The first-order valence-corrected chi connectivity index (χ1v) is 11.1. The van der Waals surface area contributed by atoms with Gasteiger partial charge in [-0.15, -0.1) is 0 Å². The molecule has 3 aromatic rings. The fourth-order valence-electron chi connectivity index (χ4n) is 4.33. The maximum atomic E-state index is 14.8. The normalized spacial score (nSPS) is 17.6. The number of amides is 2. The molecule has 33 heavy (non-hydrogen) atoms. The van der Waals surface area contributed by atoms with Crippen molar-refractivity contribution in [3.63, 3.8) is 0 Å². The average molecular weight is 452 g/mol. The Bertz CT molecular complexity index is 1210. The summed E-state index contributed by atoms with van der Waals surface area (Å²) >= 11 is 0. The van der Waals surface area contributed by atoms with Gasteiger partial charge in [0.15, 0.2) is 0 Å². The standard InChI is InChI=1S/C25H30FN5O2/c1-14-8-20(26)22(31-24(32)30-17-6-7-33-25(3,4)12-17)10-18(14)19-9-16-13-28-23(27-5)11-21(16)29-15(19)2/h8-11,13,17H,6-7,12H2,1-5H3,(H,27,28)(H2,30,31,32). The predicted octanol–water partition coefficient (Wildman–Crippen LogP) is 5.17. The van der Waals surface area contributed by atoms with Gasteiger partial charge in [-0.05, 0) is 69.9 Å². The van der Waals surface area contributed by atoms with Crippen LogP contribution in [0.15, 0.2) is 30.5 Å². The summed E-state index contributed by atoms with van der Waals surface area (Å²) in [5, 5.41) is 9.53. The lowest BCUT2D eigenvalue weighted by Gasteiger charge is -2.35. The summed E-state index contributed by atoms with van der Waals surface area (Å²) in [6.45, 7) is 8.35. The summed E-state index contributed by atoms with van der Waals surface area (Å²) in [5.74, 6) is 0.260. The Hall–Kier alpha value is -3.26. The first kappa shape index (κ1) is 22.9. The largest absolute Gasteiger partial charge is 0.375 e. The molecule has 0 bridgehead atoms. The minimum atomic E-state index is -0.481. The van der Waals surface area contributed by atoms with Crippen LogP contribution in [0.4, 0.5) is 20.7 Å². The Balaban J connectivity index is 1.61. The van der Waals surface area contributed by atoms with E-state index in [9.17, 15) is 9.18 Å². The van der Waals surface area contributed by atoms with Gasteiger partial charge in [-0.1, -0.05) is 0 Å². The molecule has 3 heterocycles. The number of rotatable bonds is 4. The summed E-state index contributed by atoms with van der Waals surface area (Å²) in [6, 6.07) is 6.54. The van der Waals surface area contributed by atoms with E-state index < -0.39 is 11.8 Å². The van der Waals surface area contributed by atoms with Gasteiger partial charge in [-0.2, -0.15) is 0 Å². The summed E-state index contributed by atoms with van der Waals surface area (Å²) < 4.78 is 20.5. The molecule has 2 aromatic heterocycles. The van der Waals surface area contributed by atoms with Crippen LogP contribution >= 0.6 is 0 Å². The highest BCUT2D eigenvalue weighted by molar-refractivity contribution is 5.92. The van der Waals surface area contributed by atoms with Gasteiger partial charge in [0.2, 0.25) is 0 Å². The molecule has 8 heteroatoms. The van der Waals surface area contributed by atoms with E-state index >= 15 is 0 Å². The number of nitrogens with zero attached hydrogens (tertiary/aromatic N) is 2. The van der Waals surface area contributed by atoms with Gasteiger partial charge in [0.05, 0.1) is 16.8 Å². The van der Waals surface area contributed by atoms with Gasteiger partial charge in [0.1, 0.15) is 11.6 Å². The van der Waals surface area contributed by atoms with E-state index in [2.05, 4.69) is 20.9 Å². The number of anilines is 2. The zero-order chi connectivity index (χ0) is 23.8. The molecule has 1 unspecified atom stereocenters. The highest BCUT2D eigenvalue weighted by atomic mass is 19.1. The van der Waals surface area contributed by atoms with Crippen molar-refractivity contribution in [3.8, 4) is 11.1 Å². The van der Waals surface area contributed by atoms with E-state index in [1.807, 2.05) is 46.9 Å². The number of carbonyl (C=O) groups excluding carboxylic acids is 1. The molecule has 1 saturated heterocycles. The van der Waals surface area contributed by atoms with E-state index in [4.69, 9.17) is 9.72 Å². The molecular formula is C25H30FN5O2. The third kappa shape index (κ3) is 5.06.